The molecular formula is C10H8N4O2. The molecule has 6 heteroatoms. The van der Waals surface area contributed by atoms with E-state index in [2.05, 4.69) is 15.0 Å². The van der Waals surface area contributed by atoms with Crippen LogP contribution in [0.2, 0.25) is 0 Å². The molecule has 2 N–H and O–H groups in total. The fourth-order valence-electron chi connectivity index (χ4n) is 1.69. The number of hydrogen-bond acceptors (Lipinski definition) is 4. The summed E-state index contributed by atoms with van der Waals surface area (Å²) in [5.41, 5.74) is 2.09. The van der Waals surface area contributed by atoms with E-state index in [9.17, 15) is 4.79 Å². The Bertz CT molecular complexity index is 728. The number of aliphatic hydroxyl groups excluding tert-OH is 1. The van der Waals surface area contributed by atoms with Crippen LogP contribution in [0.3, 0.4) is 0 Å². The molecule has 3 rings (SSSR count). The molecule has 0 saturated carbocycles. The fraction of sp³-hybridized carbons (Fsp3) is 0.100. The number of pyridine rings is 1. The highest BCUT2D eigenvalue weighted by Gasteiger charge is 2.06. The topological polar surface area (TPSA) is 83.3 Å². The lowest BCUT2D eigenvalue weighted by Crippen LogP contribution is -2.10. The van der Waals surface area contributed by atoms with Gasteiger partial charge < -0.3 is 10.1 Å². The van der Waals surface area contributed by atoms with Crippen molar-refractivity contribution in [3.63, 3.8) is 0 Å². The standard InChI is InChI=1S/C10H8N4O2/c15-4-6-1-7-9(12-2-6)14-5-11-3-8(14)10(16)13-7/h1-3,5,15H,4H2,(H,13,16). The summed E-state index contributed by atoms with van der Waals surface area (Å²) in [6.45, 7) is -0.104. The quantitative estimate of drug-likeness (QED) is 0.602. The Hall–Kier alpha value is -2.21. The van der Waals surface area contributed by atoms with E-state index in [1.54, 1.807) is 23.0 Å². The minimum absolute atomic E-state index is 0.104. The van der Waals surface area contributed by atoms with Gasteiger partial charge in [0.1, 0.15) is 11.8 Å². The summed E-state index contributed by atoms with van der Waals surface area (Å²) in [7, 11) is 0. The van der Waals surface area contributed by atoms with Crippen molar-refractivity contribution in [2.45, 2.75) is 6.61 Å². The molecule has 0 aliphatic carbocycles. The van der Waals surface area contributed by atoms with Crippen molar-refractivity contribution in [1.29, 1.82) is 0 Å². The minimum Gasteiger partial charge on any atom is -0.392 e. The van der Waals surface area contributed by atoms with Gasteiger partial charge >= 0.3 is 0 Å². The van der Waals surface area contributed by atoms with E-state index >= 15 is 0 Å². The molecule has 80 valence electrons. The van der Waals surface area contributed by atoms with Crippen molar-refractivity contribution in [2.24, 2.45) is 0 Å². The third kappa shape index (κ3) is 1.13. The zero-order valence-electron chi connectivity index (χ0n) is 8.21. The van der Waals surface area contributed by atoms with Crippen LogP contribution in [0.4, 0.5) is 0 Å². The van der Waals surface area contributed by atoms with Gasteiger partial charge in [0.2, 0.25) is 0 Å². The monoisotopic (exact) mass is 216 g/mol. The Kier molecular flexibility index (Phi) is 1.78. The Morgan fingerprint density at radius 1 is 1.44 bits per heavy atom. The molecule has 0 unspecified atom stereocenters. The number of nitrogens with one attached hydrogen (secondary N) is 1. The molecule has 0 aliphatic rings. The highest BCUT2D eigenvalue weighted by molar-refractivity contribution is 5.74. The molecule has 3 aromatic heterocycles. The van der Waals surface area contributed by atoms with Gasteiger partial charge in [0.05, 0.1) is 18.3 Å². The van der Waals surface area contributed by atoms with Crippen LogP contribution in [0.5, 0.6) is 0 Å². The second-order valence-corrected chi connectivity index (χ2v) is 3.48. The summed E-state index contributed by atoms with van der Waals surface area (Å²) >= 11 is 0. The number of aromatic nitrogens is 4. The average molecular weight is 216 g/mol. The number of aromatic amines is 1. The number of rotatable bonds is 1. The highest BCUT2D eigenvalue weighted by atomic mass is 16.3. The van der Waals surface area contributed by atoms with Crippen molar-refractivity contribution in [2.75, 3.05) is 0 Å². The van der Waals surface area contributed by atoms with Gasteiger partial charge in [0.25, 0.3) is 5.56 Å². The van der Waals surface area contributed by atoms with Crippen LogP contribution in [-0.2, 0) is 6.61 Å². The lowest BCUT2D eigenvalue weighted by molar-refractivity contribution is 0.281. The van der Waals surface area contributed by atoms with Gasteiger partial charge in [-0.25, -0.2) is 9.97 Å². The SMILES string of the molecule is O=c1[nH]c2cc(CO)cnc2n2cncc12. The number of imidazole rings is 1. The summed E-state index contributed by atoms with van der Waals surface area (Å²) in [5, 5.41) is 8.99. The van der Waals surface area contributed by atoms with Gasteiger partial charge in [0, 0.05) is 6.20 Å². The highest BCUT2D eigenvalue weighted by Crippen LogP contribution is 2.10. The van der Waals surface area contributed by atoms with Crippen molar-refractivity contribution < 1.29 is 5.11 Å². The molecule has 0 bridgehead atoms. The third-order valence-electron chi connectivity index (χ3n) is 2.45. The summed E-state index contributed by atoms with van der Waals surface area (Å²) in [4.78, 5) is 22.4. The van der Waals surface area contributed by atoms with Gasteiger partial charge in [-0.05, 0) is 11.6 Å². The second-order valence-electron chi connectivity index (χ2n) is 3.48. The third-order valence-corrected chi connectivity index (χ3v) is 2.45. The van der Waals surface area contributed by atoms with Crippen molar-refractivity contribution in [3.05, 3.63) is 40.7 Å². The van der Waals surface area contributed by atoms with Gasteiger partial charge in [-0.1, -0.05) is 0 Å². The molecule has 0 aromatic carbocycles. The van der Waals surface area contributed by atoms with Crippen LogP contribution in [0.25, 0.3) is 16.7 Å². The van der Waals surface area contributed by atoms with Gasteiger partial charge in [-0.15, -0.1) is 0 Å². The Labute approximate surface area is 89.2 Å². The number of fused-ring (bicyclic) bond motifs is 3. The van der Waals surface area contributed by atoms with E-state index in [0.29, 0.717) is 22.2 Å². The van der Waals surface area contributed by atoms with Gasteiger partial charge in [-0.2, -0.15) is 0 Å². The maximum Gasteiger partial charge on any atom is 0.274 e. The second kappa shape index (κ2) is 3.14. The first kappa shape index (κ1) is 9.05. The molecule has 0 amide bonds. The normalized spacial score (nSPS) is 11.3. The van der Waals surface area contributed by atoms with Crippen molar-refractivity contribution in [1.82, 2.24) is 19.4 Å². The molecule has 6 nitrogen and oxygen atoms in total. The maximum absolute atomic E-state index is 11.6. The van der Waals surface area contributed by atoms with Crippen LogP contribution >= 0.6 is 0 Å². The van der Waals surface area contributed by atoms with E-state index in [1.807, 2.05) is 0 Å². The summed E-state index contributed by atoms with van der Waals surface area (Å²) in [6, 6.07) is 1.70. The molecule has 0 radical (unpaired) electrons. The van der Waals surface area contributed by atoms with Gasteiger partial charge in [0.15, 0.2) is 5.65 Å². The Balaban J connectivity index is 2.53. The lowest BCUT2D eigenvalue weighted by atomic mass is 10.3. The van der Waals surface area contributed by atoms with E-state index in [0.717, 1.165) is 0 Å². The number of hydrogen-bond donors (Lipinski definition) is 2. The van der Waals surface area contributed by atoms with E-state index in [4.69, 9.17) is 5.11 Å². The van der Waals surface area contributed by atoms with Crippen LogP contribution in [0.1, 0.15) is 5.56 Å². The molecule has 0 spiro atoms. The first-order chi connectivity index (χ1) is 7.79. The fourth-order valence-corrected chi connectivity index (χ4v) is 1.69. The number of H-pyrrole nitrogens is 1. The maximum atomic E-state index is 11.6. The molecule has 0 saturated heterocycles. The van der Waals surface area contributed by atoms with Crippen LogP contribution in [-0.4, -0.2) is 24.5 Å². The number of aliphatic hydroxyl groups is 1. The smallest absolute Gasteiger partial charge is 0.274 e. The summed E-state index contributed by atoms with van der Waals surface area (Å²) in [6.07, 6.45) is 4.60. The Morgan fingerprint density at radius 3 is 3.12 bits per heavy atom. The zero-order chi connectivity index (χ0) is 11.1. The van der Waals surface area contributed by atoms with Crippen LogP contribution in [0.15, 0.2) is 29.6 Å². The average Bonchev–Trinajstić information content (AvgIpc) is 2.78. The van der Waals surface area contributed by atoms with Gasteiger partial charge in [-0.3, -0.25) is 9.20 Å². The molecular weight excluding hydrogens is 208 g/mol. The number of nitrogens with zero attached hydrogens (tertiary/aromatic N) is 3. The van der Waals surface area contributed by atoms with E-state index in [-0.39, 0.29) is 12.2 Å². The predicted octanol–water partition coefficient (Wildman–Crippen LogP) is 0.0631. The van der Waals surface area contributed by atoms with Crippen LogP contribution in [0, 0.1) is 0 Å². The molecule has 0 atom stereocenters. The zero-order valence-corrected chi connectivity index (χ0v) is 8.21. The first-order valence-corrected chi connectivity index (χ1v) is 4.73. The van der Waals surface area contributed by atoms with Crippen molar-refractivity contribution >= 4 is 16.7 Å². The lowest BCUT2D eigenvalue weighted by Gasteiger charge is -2.02. The summed E-state index contributed by atoms with van der Waals surface area (Å²) < 4.78 is 1.62. The molecule has 16 heavy (non-hydrogen) atoms. The molecule has 3 aromatic rings. The molecule has 3 heterocycles. The Morgan fingerprint density at radius 2 is 2.31 bits per heavy atom. The van der Waals surface area contributed by atoms with E-state index < -0.39 is 0 Å². The van der Waals surface area contributed by atoms with Crippen molar-refractivity contribution in [3.8, 4) is 0 Å². The van der Waals surface area contributed by atoms with Crippen LogP contribution < -0.4 is 5.56 Å². The van der Waals surface area contributed by atoms with E-state index in [1.165, 1.54) is 6.20 Å². The molecule has 0 aliphatic heterocycles. The summed E-state index contributed by atoms with van der Waals surface area (Å²) in [5.74, 6) is 0. The first-order valence-electron chi connectivity index (χ1n) is 4.73. The molecule has 0 fully saturated rings. The minimum atomic E-state index is -0.220. The largest absolute Gasteiger partial charge is 0.392 e. The predicted molar refractivity (Wildman–Crippen MR) is 57.0 cm³/mol.